The minimum atomic E-state index is -0.433. The molecule has 2 rings (SSSR count). The van der Waals surface area contributed by atoms with Gasteiger partial charge in [-0.25, -0.2) is 0 Å². The van der Waals surface area contributed by atoms with Crippen LogP contribution < -0.4 is 10.9 Å². The van der Waals surface area contributed by atoms with E-state index in [0.29, 0.717) is 0 Å². The molecule has 2 amide bonds. The molecule has 0 radical (unpaired) electrons. The number of hydrazine groups is 1. The molecule has 0 unspecified atom stereocenters. The lowest BCUT2D eigenvalue weighted by Gasteiger charge is -2.16. The van der Waals surface area contributed by atoms with Crippen LogP contribution in [0, 0.1) is 0 Å². The summed E-state index contributed by atoms with van der Waals surface area (Å²) in [7, 11) is 0. The number of rotatable bonds is 5. The molecule has 1 atom stereocenters. The van der Waals surface area contributed by atoms with Gasteiger partial charge in [0.2, 0.25) is 5.91 Å². The Bertz CT molecular complexity index is 614. The first-order valence-corrected chi connectivity index (χ1v) is 7.28. The predicted molar refractivity (Wildman–Crippen MR) is 83.9 cm³/mol. The van der Waals surface area contributed by atoms with Gasteiger partial charge < -0.3 is 0 Å². The summed E-state index contributed by atoms with van der Waals surface area (Å²) in [6, 6.07) is 14.6. The Labute approximate surface area is 129 Å². The summed E-state index contributed by atoms with van der Waals surface area (Å²) >= 11 is 0. The van der Waals surface area contributed by atoms with Crippen molar-refractivity contribution in [3.8, 4) is 0 Å². The fourth-order valence-corrected chi connectivity index (χ4v) is 2.19. The zero-order valence-corrected chi connectivity index (χ0v) is 12.5. The molecule has 2 aromatic rings. The van der Waals surface area contributed by atoms with Crippen LogP contribution in [0.5, 0.6) is 0 Å². The van der Waals surface area contributed by atoms with E-state index < -0.39 is 5.91 Å². The molecular weight excluding hydrogens is 278 g/mol. The number of benzene rings is 1. The van der Waals surface area contributed by atoms with Gasteiger partial charge in [-0.15, -0.1) is 0 Å². The highest BCUT2D eigenvalue weighted by molar-refractivity contribution is 5.94. The first-order valence-electron chi connectivity index (χ1n) is 7.28. The highest BCUT2D eigenvalue weighted by Crippen LogP contribution is 2.20. The van der Waals surface area contributed by atoms with Crippen LogP contribution in [0.15, 0.2) is 54.7 Å². The zero-order valence-electron chi connectivity index (χ0n) is 12.5. The number of nitrogens with one attached hydrogen (secondary N) is 2. The van der Waals surface area contributed by atoms with Gasteiger partial charge in [-0.3, -0.25) is 25.4 Å². The van der Waals surface area contributed by atoms with Gasteiger partial charge in [0.25, 0.3) is 5.91 Å². The van der Waals surface area contributed by atoms with Crippen molar-refractivity contribution in [3.63, 3.8) is 0 Å². The molecule has 114 valence electrons. The molecule has 5 heteroatoms. The van der Waals surface area contributed by atoms with E-state index in [1.165, 1.54) is 6.20 Å². The first-order chi connectivity index (χ1) is 10.7. The van der Waals surface area contributed by atoms with Crippen molar-refractivity contribution >= 4 is 11.8 Å². The van der Waals surface area contributed by atoms with Crippen molar-refractivity contribution < 1.29 is 9.59 Å². The third-order valence-corrected chi connectivity index (χ3v) is 3.29. The van der Waals surface area contributed by atoms with Crippen LogP contribution in [0.2, 0.25) is 0 Å². The summed E-state index contributed by atoms with van der Waals surface area (Å²) in [5.41, 5.74) is 6.09. The van der Waals surface area contributed by atoms with E-state index in [1.54, 1.807) is 18.2 Å². The van der Waals surface area contributed by atoms with Crippen molar-refractivity contribution in [3.05, 3.63) is 66.0 Å². The maximum absolute atomic E-state index is 12.3. The van der Waals surface area contributed by atoms with Crippen molar-refractivity contribution in [2.45, 2.75) is 25.7 Å². The quantitative estimate of drug-likeness (QED) is 0.833. The second-order valence-electron chi connectivity index (χ2n) is 4.91. The molecule has 5 nitrogen and oxygen atoms in total. The molecule has 1 aromatic heterocycles. The Kier molecular flexibility index (Phi) is 5.65. The van der Waals surface area contributed by atoms with Gasteiger partial charge in [0, 0.05) is 6.20 Å². The molecular formula is C17H19N3O2. The molecule has 0 aliphatic heterocycles. The zero-order chi connectivity index (χ0) is 15.8. The smallest absolute Gasteiger partial charge is 0.273 e. The second-order valence-corrected chi connectivity index (χ2v) is 4.91. The molecule has 2 N–H and O–H groups in total. The first kappa shape index (κ1) is 15.7. The molecule has 0 aliphatic carbocycles. The lowest BCUT2D eigenvalue weighted by Crippen LogP contribution is -2.44. The molecule has 0 spiro atoms. The molecule has 0 bridgehead atoms. The fraction of sp³-hybridized carbons (Fsp3) is 0.235. The number of aromatic nitrogens is 1. The summed E-state index contributed by atoms with van der Waals surface area (Å²) in [5, 5.41) is 0. The highest BCUT2D eigenvalue weighted by Gasteiger charge is 2.20. The Balaban J connectivity index is 1.99. The maximum Gasteiger partial charge on any atom is 0.288 e. The van der Waals surface area contributed by atoms with Gasteiger partial charge in [-0.2, -0.15) is 0 Å². The van der Waals surface area contributed by atoms with Gasteiger partial charge in [0.05, 0.1) is 5.92 Å². The summed E-state index contributed by atoms with van der Waals surface area (Å²) in [5.74, 6) is -0.940. The Morgan fingerprint density at radius 1 is 1.05 bits per heavy atom. The number of hydrogen-bond donors (Lipinski definition) is 2. The van der Waals surface area contributed by atoms with Crippen LogP contribution in [-0.4, -0.2) is 16.8 Å². The Morgan fingerprint density at radius 2 is 1.77 bits per heavy atom. The Hall–Kier alpha value is -2.69. The third-order valence-electron chi connectivity index (χ3n) is 3.29. The van der Waals surface area contributed by atoms with E-state index in [9.17, 15) is 9.59 Å². The number of pyridine rings is 1. The number of hydrogen-bond acceptors (Lipinski definition) is 3. The van der Waals surface area contributed by atoms with E-state index in [0.717, 1.165) is 18.4 Å². The van der Waals surface area contributed by atoms with Gasteiger partial charge in [-0.1, -0.05) is 49.7 Å². The average Bonchev–Trinajstić information content (AvgIpc) is 2.58. The monoisotopic (exact) mass is 297 g/mol. The van der Waals surface area contributed by atoms with Crippen molar-refractivity contribution in [1.82, 2.24) is 15.8 Å². The molecule has 0 saturated carbocycles. The summed E-state index contributed by atoms with van der Waals surface area (Å²) in [6.45, 7) is 2.02. The Morgan fingerprint density at radius 3 is 2.41 bits per heavy atom. The van der Waals surface area contributed by atoms with E-state index in [-0.39, 0.29) is 17.5 Å². The van der Waals surface area contributed by atoms with Crippen molar-refractivity contribution in [2.75, 3.05) is 0 Å². The minimum absolute atomic E-state index is 0.225. The highest BCUT2D eigenvalue weighted by atomic mass is 16.2. The lowest BCUT2D eigenvalue weighted by molar-refractivity contribution is -0.123. The van der Waals surface area contributed by atoms with Gasteiger partial charge >= 0.3 is 0 Å². The molecule has 1 aromatic carbocycles. The number of carbonyl (C=O) groups is 2. The van der Waals surface area contributed by atoms with E-state index in [4.69, 9.17) is 0 Å². The van der Waals surface area contributed by atoms with Crippen molar-refractivity contribution in [2.24, 2.45) is 0 Å². The summed E-state index contributed by atoms with van der Waals surface area (Å²) < 4.78 is 0. The SMILES string of the molecule is CCC[C@@H](C(=O)NNC(=O)c1ccccn1)c1ccccc1. The lowest BCUT2D eigenvalue weighted by atomic mass is 9.94. The molecule has 22 heavy (non-hydrogen) atoms. The fourth-order valence-electron chi connectivity index (χ4n) is 2.19. The van der Waals surface area contributed by atoms with Crippen LogP contribution in [0.4, 0.5) is 0 Å². The van der Waals surface area contributed by atoms with Gasteiger partial charge in [0.1, 0.15) is 5.69 Å². The van der Waals surface area contributed by atoms with E-state index in [2.05, 4.69) is 15.8 Å². The minimum Gasteiger partial charge on any atom is -0.273 e. The number of nitrogens with zero attached hydrogens (tertiary/aromatic N) is 1. The second kappa shape index (κ2) is 7.93. The van der Waals surface area contributed by atoms with E-state index in [1.807, 2.05) is 37.3 Å². The summed E-state index contributed by atoms with van der Waals surface area (Å²) in [4.78, 5) is 28.1. The standard InChI is InChI=1S/C17H19N3O2/c1-2-8-14(13-9-4-3-5-10-13)16(21)19-20-17(22)15-11-6-7-12-18-15/h3-7,9-12,14H,2,8H2,1H3,(H,19,21)(H,20,22)/t14-/m1/s1. The van der Waals surface area contributed by atoms with Crippen LogP contribution in [-0.2, 0) is 4.79 Å². The predicted octanol–water partition coefficient (Wildman–Crippen LogP) is 2.43. The average molecular weight is 297 g/mol. The number of carbonyl (C=O) groups excluding carboxylic acids is 2. The van der Waals surface area contributed by atoms with Crippen LogP contribution in [0.25, 0.3) is 0 Å². The van der Waals surface area contributed by atoms with Crippen LogP contribution in [0.1, 0.15) is 41.7 Å². The molecule has 1 heterocycles. The van der Waals surface area contributed by atoms with Gasteiger partial charge in [0.15, 0.2) is 0 Å². The van der Waals surface area contributed by atoms with Crippen molar-refractivity contribution in [1.29, 1.82) is 0 Å². The van der Waals surface area contributed by atoms with Crippen LogP contribution in [0.3, 0.4) is 0 Å². The van der Waals surface area contributed by atoms with Crippen LogP contribution >= 0.6 is 0 Å². The van der Waals surface area contributed by atoms with E-state index >= 15 is 0 Å². The largest absolute Gasteiger partial charge is 0.288 e. The van der Waals surface area contributed by atoms with Gasteiger partial charge in [-0.05, 0) is 24.1 Å². The molecule has 0 saturated heterocycles. The summed E-state index contributed by atoms with van der Waals surface area (Å²) in [6.07, 6.45) is 3.12. The molecule has 0 fully saturated rings. The number of amides is 2. The maximum atomic E-state index is 12.3. The molecule has 0 aliphatic rings. The topological polar surface area (TPSA) is 71.1 Å². The normalized spacial score (nSPS) is 11.5. The third kappa shape index (κ3) is 4.15.